The fourth-order valence-electron chi connectivity index (χ4n) is 6.11. The van der Waals surface area contributed by atoms with Gasteiger partial charge >= 0.3 is 6.03 Å². The van der Waals surface area contributed by atoms with Crippen LogP contribution in [0.3, 0.4) is 0 Å². The summed E-state index contributed by atoms with van der Waals surface area (Å²) in [6, 6.07) is 10.7. The number of likely N-dealkylation sites (tertiary alicyclic amines) is 1. The number of rotatable bonds is 13. The maximum absolute atomic E-state index is 13.3. The van der Waals surface area contributed by atoms with Crippen LogP contribution < -0.4 is 0 Å². The smallest absolute Gasteiger partial charge is 0.320 e. The summed E-state index contributed by atoms with van der Waals surface area (Å²) < 4.78 is 5.19. The highest BCUT2D eigenvalue weighted by atomic mass is 35.5. The molecular weight excluding hydrogens is 660 g/mol. The molecule has 2 saturated heterocycles. The van der Waals surface area contributed by atoms with Crippen molar-refractivity contribution in [1.82, 2.24) is 19.6 Å². The molecule has 2 heterocycles. The van der Waals surface area contributed by atoms with Gasteiger partial charge in [-0.2, -0.15) is 0 Å². The van der Waals surface area contributed by atoms with Crippen LogP contribution in [0.5, 0.6) is 0 Å². The van der Waals surface area contributed by atoms with Gasteiger partial charge in [-0.15, -0.1) is 0 Å². The Balaban J connectivity index is 1.45. The molecule has 13 heteroatoms. The van der Waals surface area contributed by atoms with Crippen LogP contribution in [-0.4, -0.2) is 117 Å². The average molecular weight is 702 g/mol. The van der Waals surface area contributed by atoms with Crippen molar-refractivity contribution in [3.63, 3.8) is 0 Å². The molecule has 0 spiro atoms. The fraction of sp³-hybridized carbons (Fsp3) is 0.531. The largest absolute Gasteiger partial charge is 0.399 e. The second kappa shape index (κ2) is 17.0. The first kappa shape index (κ1) is 35.6. The molecule has 0 aromatic heterocycles. The molecule has 0 aliphatic carbocycles. The lowest BCUT2D eigenvalue weighted by molar-refractivity contribution is 0.0684. The highest BCUT2D eigenvalue weighted by Crippen LogP contribution is 2.31. The van der Waals surface area contributed by atoms with Gasteiger partial charge in [0.15, 0.2) is 0 Å². The molecule has 2 aliphatic rings. The van der Waals surface area contributed by atoms with Crippen LogP contribution in [0.15, 0.2) is 41.6 Å². The Bertz CT molecular complexity index is 1330. The molecule has 45 heavy (non-hydrogen) atoms. The van der Waals surface area contributed by atoms with Gasteiger partial charge in [0, 0.05) is 74.4 Å². The van der Waals surface area contributed by atoms with Crippen molar-refractivity contribution in [2.24, 2.45) is 5.16 Å². The maximum Gasteiger partial charge on any atom is 0.320 e. The number of carbonyl (C=O) groups excluding carboxylic acids is 2. The van der Waals surface area contributed by atoms with E-state index in [4.69, 9.17) is 56.0 Å². The molecule has 2 aromatic carbocycles. The molecule has 1 unspecified atom stereocenters. The molecule has 2 aromatic rings. The highest BCUT2D eigenvalue weighted by Gasteiger charge is 2.33. The fourth-order valence-corrected chi connectivity index (χ4v) is 6.94. The SMILES string of the molecule is COCCN1CCCN(C2CCN(CCC(/C(CN(C)C(=O)c3cc(Cl)cc(Cl)c3)=N/OC)c3ccc(Cl)c(Cl)c3)CC2)C1=O. The Hall–Kier alpha value is -2.27. The molecular formula is C32H41Cl4N5O4. The summed E-state index contributed by atoms with van der Waals surface area (Å²) in [6.45, 7) is 5.52. The lowest BCUT2D eigenvalue weighted by Gasteiger charge is -2.43. The first-order valence-corrected chi connectivity index (χ1v) is 16.7. The molecule has 9 nitrogen and oxygen atoms in total. The van der Waals surface area contributed by atoms with Crippen molar-refractivity contribution in [2.75, 3.05) is 73.7 Å². The van der Waals surface area contributed by atoms with Crippen molar-refractivity contribution in [3.8, 4) is 0 Å². The van der Waals surface area contributed by atoms with Gasteiger partial charge in [0.1, 0.15) is 7.11 Å². The van der Waals surface area contributed by atoms with E-state index in [1.54, 1.807) is 43.3 Å². The van der Waals surface area contributed by atoms with E-state index in [9.17, 15) is 9.59 Å². The Morgan fingerprint density at radius 1 is 0.978 bits per heavy atom. The topological polar surface area (TPSA) is 77.9 Å². The number of urea groups is 1. The molecule has 246 valence electrons. The number of methoxy groups -OCH3 is 1. The van der Waals surface area contributed by atoms with Gasteiger partial charge in [0.2, 0.25) is 0 Å². The quantitative estimate of drug-likeness (QED) is 0.170. The Kier molecular flexibility index (Phi) is 13.5. The number of oxime groups is 1. The summed E-state index contributed by atoms with van der Waals surface area (Å²) in [5, 5.41) is 6.07. The van der Waals surface area contributed by atoms with E-state index in [0.29, 0.717) is 50.9 Å². The third kappa shape index (κ3) is 9.62. The number of piperidine rings is 1. The lowest BCUT2D eigenvalue weighted by Crippen LogP contribution is -2.56. The first-order valence-electron chi connectivity index (χ1n) is 15.1. The molecule has 0 radical (unpaired) electrons. The Labute approximate surface area is 285 Å². The predicted molar refractivity (Wildman–Crippen MR) is 181 cm³/mol. The number of benzene rings is 2. The normalized spacial score (nSPS) is 17.5. The zero-order chi connectivity index (χ0) is 32.5. The van der Waals surface area contributed by atoms with Gasteiger partial charge in [-0.1, -0.05) is 57.6 Å². The predicted octanol–water partition coefficient (Wildman–Crippen LogP) is 6.79. The number of nitrogens with zero attached hydrogens (tertiary/aromatic N) is 5. The number of carbonyl (C=O) groups is 2. The molecule has 0 bridgehead atoms. The van der Waals surface area contributed by atoms with Crippen molar-refractivity contribution in [3.05, 3.63) is 67.6 Å². The summed E-state index contributed by atoms with van der Waals surface area (Å²) in [5.41, 5.74) is 1.98. The molecule has 4 rings (SSSR count). The van der Waals surface area contributed by atoms with Crippen LogP contribution in [-0.2, 0) is 9.57 Å². The molecule has 3 amide bonds. The zero-order valence-electron chi connectivity index (χ0n) is 26.0. The van der Waals surface area contributed by atoms with Crippen molar-refractivity contribution >= 4 is 64.1 Å². The van der Waals surface area contributed by atoms with E-state index in [2.05, 4.69) is 15.0 Å². The molecule has 2 aliphatic heterocycles. The first-order chi connectivity index (χ1) is 21.6. The summed E-state index contributed by atoms with van der Waals surface area (Å²) >= 11 is 25.0. The zero-order valence-corrected chi connectivity index (χ0v) is 29.0. The Morgan fingerprint density at radius 2 is 1.69 bits per heavy atom. The average Bonchev–Trinajstić information content (AvgIpc) is 3.02. The lowest BCUT2D eigenvalue weighted by atomic mass is 9.89. The van der Waals surface area contributed by atoms with E-state index in [-0.39, 0.29) is 30.4 Å². The summed E-state index contributed by atoms with van der Waals surface area (Å²) in [4.78, 5) is 39.7. The summed E-state index contributed by atoms with van der Waals surface area (Å²) in [5.74, 6) is -0.445. The maximum atomic E-state index is 13.3. The molecule has 0 N–H and O–H groups in total. The number of hydrogen-bond acceptors (Lipinski definition) is 6. The molecule has 2 fully saturated rings. The second-order valence-corrected chi connectivity index (χ2v) is 13.2. The van der Waals surface area contributed by atoms with E-state index < -0.39 is 0 Å². The van der Waals surface area contributed by atoms with E-state index in [1.165, 1.54) is 7.11 Å². The number of ether oxygens (including phenoxy) is 1. The Morgan fingerprint density at radius 3 is 2.33 bits per heavy atom. The van der Waals surface area contributed by atoms with Crippen LogP contribution in [0.2, 0.25) is 20.1 Å². The third-order valence-corrected chi connectivity index (χ3v) is 9.63. The van der Waals surface area contributed by atoms with Crippen molar-refractivity contribution in [2.45, 2.75) is 37.6 Å². The minimum Gasteiger partial charge on any atom is -0.399 e. The monoisotopic (exact) mass is 699 g/mol. The third-order valence-electron chi connectivity index (χ3n) is 8.45. The van der Waals surface area contributed by atoms with E-state index in [0.717, 1.165) is 57.5 Å². The van der Waals surface area contributed by atoms with Crippen molar-refractivity contribution < 1.29 is 19.2 Å². The van der Waals surface area contributed by atoms with E-state index >= 15 is 0 Å². The van der Waals surface area contributed by atoms with Gasteiger partial charge in [0.25, 0.3) is 5.91 Å². The van der Waals surface area contributed by atoms with Gasteiger partial charge in [-0.05, 0) is 68.1 Å². The number of halogens is 4. The van der Waals surface area contributed by atoms with Gasteiger partial charge < -0.3 is 29.2 Å². The number of amides is 3. The van der Waals surface area contributed by atoms with Gasteiger partial charge in [0.05, 0.1) is 28.9 Å². The van der Waals surface area contributed by atoms with Crippen molar-refractivity contribution in [1.29, 1.82) is 0 Å². The standard InChI is InChI=1S/C32H41Cl4N5O4/c1-38(31(42)23-17-24(33)20-25(34)18-23)21-30(37-45-3)27(22-5-6-28(35)29(36)19-22)9-14-39-12-7-26(8-13-39)41-11-4-10-40(32(41)43)15-16-44-2/h5-6,17-20,26-27H,4,7-16,21H2,1-3H3/b37-30+. The van der Waals surface area contributed by atoms with Gasteiger partial charge in [-0.3, -0.25) is 4.79 Å². The van der Waals surface area contributed by atoms with Crippen LogP contribution in [0.1, 0.15) is 47.5 Å². The van der Waals surface area contributed by atoms with Crippen LogP contribution in [0.4, 0.5) is 4.79 Å². The highest BCUT2D eigenvalue weighted by molar-refractivity contribution is 6.42. The second-order valence-electron chi connectivity index (χ2n) is 11.5. The number of hydrogen-bond donors (Lipinski definition) is 0. The van der Waals surface area contributed by atoms with Crippen LogP contribution in [0, 0.1) is 0 Å². The minimum absolute atomic E-state index is 0.121. The molecule has 0 saturated carbocycles. The van der Waals surface area contributed by atoms with Crippen LogP contribution >= 0.6 is 46.4 Å². The van der Waals surface area contributed by atoms with Crippen LogP contribution in [0.25, 0.3) is 0 Å². The summed E-state index contributed by atoms with van der Waals surface area (Å²) in [7, 11) is 4.86. The molecule has 1 atom stereocenters. The van der Waals surface area contributed by atoms with Gasteiger partial charge in [-0.25, -0.2) is 4.79 Å². The summed E-state index contributed by atoms with van der Waals surface area (Å²) in [6.07, 6.45) is 3.52. The minimum atomic E-state index is -0.244. The van der Waals surface area contributed by atoms with E-state index in [1.807, 2.05) is 17.0 Å².